The third-order valence-corrected chi connectivity index (χ3v) is 2.84. The number of hydrogen-bond acceptors (Lipinski definition) is 0. The summed E-state index contributed by atoms with van der Waals surface area (Å²) >= 11 is 0. The minimum Gasteiger partial charge on any atom is -0.0651 e. The highest BCUT2D eigenvalue weighted by Gasteiger charge is 2.04. The predicted octanol–water partition coefficient (Wildman–Crippen LogP) is 3.82. The van der Waals surface area contributed by atoms with Gasteiger partial charge >= 0.3 is 0 Å². The maximum atomic E-state index is 2.30. The van der Waals surface area contributed by atoms with E-state index in [0.29, 0.717) is 0 Å². The Morgan fingerprint density at radius 2 is 1.77 bits per heavy atom. The van der Waals surface area contributed by atoms with E-state index in [1.54, 1.807) is 11.1 Å². The van der Waals surface area contributed by atoms with Crippen LogP contribution in [0.5, 0.6) is 0 Å². The van der Waals surface area contributed by atoms with Crippen molar-refractivity contribution in [2.75, 3.05) is 0 Å². The lowest BCUT2D eigenvalue weighted by Crippen LogP contribution is -1.97. The summed E-state index contributed by atoms with van der Waals surface area (Å²) in [5.74, 6) is 0. The summed E-state index contributed by atoms with van der Waals surface area (Å²) in [6.07, 6.45) is 3.64. The van der Waals surface area contributed by atoms with Gasteiger partial charge in [0.2, 0.25) is 0 Å². The lowest BCUT2D eigenvalue weighted by molar-refractivity contribution is 0.892. The van der Waals surface area contributed by atoms with Crippen LogP contribution in [0.3, 0.4) is 0 Å². The first-order valence-corrected chi connectivity index (χ1v) is 5.28. The standard InChI is InChI=1S/C13H20/c1-5-7-12-9-8-10(3)11(4)13(12)6-2/h8-9H,5-7H2,1-4H3. The van der Waals surface area contributed by atoms with Gasteiger partial charge in [0.1, 0.15) is 0 Å². The van der Waals surface area contributed by atoms with E-state index in [2.05, 4.69) is 39.8 Å². The van der Waals surface area contributed by atoms with Gasteiger partial charge in [-0.1, -0.05) is 32.4 Å². The quantitative estimate of drug-likeness (QED) is 0.657. The lowest BCUT2D eigenvalue weighted by atomic mass is 9.93. The Morgan fingerprint density at radius 3 is 2.31 bits per heavy atom. The fourth-order valence-electron chi connectivity index (χ4n) is 1.93. The first-order valence-electron chi connectivity index (χ1n) is 5.28. The molecule has 1 aromatic rings. The smallest absolute Gasteiger partial charge is 0.0279 e. The van der Waals surface area contributed by atoms with Gasteiger partial charge in [0, 0.05) is 0 Å². The molecule has 0 nitrogen and oxygen atoms in total. The van der Waals surface area contributed by atoms with Crippen LogP contribution in [0, 0.1) is 13.8 Å². The Bertz CT molecular complexity index is 284. The highest BCUT2D eigenvalue weighted by atomic mass is 14.1. The second-order valence-corrected chi connectivity index (χ2v) is 3.75. The van der Waals surface area contributed by atoms with Gasteiger partial charge in [-0.25, -0.2) is 0 Å². The molecule has 0 amide bonds. The van der Waals surface area contributed by atoms with Crippen molar-refractivity contribution in [2.45, 2.75) is 47.0 Å². The van der Waals surface area contributed by atoms with Gasteiger partial charge in [0.15, 0.2) is 0 Å². The Kier molecular flexibility index (Phi) is 3.53. The summed E-state index contributed by atoms with van der Waals surface area (Å²) < 4.78 is 0. The summed E-state index contributed by atoms with van der Waals surface area (Å²) in [7, 11) is 0. The Morgan fingerprint density at radius 1 is 1.08 bits per heavy atom. The van der Waals surface area contributed by atoms with Gasteiger partial charge in [-0.3, -0.25) is 0 Å². The van der Waals surface area contributed by atoms with Crippen molar-refractivity contribution in [1.29, 1.82) is 0 Å². The zero-order chi connectivity index (χ0) is 9.84. The van der Waals surface area contributed by atoms with E-state index in [1.165, 1.54) is 30.4 Å². The van der Waals surface area contributed by atoms with Gasteiger partial charge in [-0.15, -0.1) is 0 Å². The summed E-state index contributed by atoms with van der Waals surface area (Å²) in [6.45, 7) is 8.94. The van der Waals surface area contributed by atoms with Gasteiger partial charge in [-0.05, 0) is 48.9 Å². The highest BCUT2D eigenvalue weighted by Crippen LogP contribution is 2.19. The first-order chi connectivity index (χ1) is 6.20. The molecule has 0 unspecified atom stereocenters. The van der Waals surface area contributed by atoms with Gasteiger partial charge < -0.3 is 0 Å². The van der Waals surface area contributed by atoms with Crippen molar-refractivity contribution in [2.24, 2.45) is 0 Å². The van der Waals surface area contributed by atoms with Crippen LogP contribution in [0.4, 0.5) is 0 Å². The molecular formula is C13H20. The Labute approximate surface area is 82.0 Å². The molecule has 0 aliphatic heterocycles. The van der Waals surface area contributed by atoms with Crippen molar-refractivity contribution < 1.29 is 0 Å². The molecule has 0 N–H and O–H groups in total. The highest BCUT2D eigenvalue weighted by molar-refractivity contribution is 5.39. The second-order valence-electron chi connectivity index (χ2n) is 3.75. The molecule has 1 aromatic carbocycles. The normalized spacial score (nSPS) is 10.5. The fraction of sp³-hybridized carbons (Fsp3) is 0.538. The number of rotatable bonds is 3. The van der Waals surface area contributed by atoms with Gasteiger partial charge in [0.25, 0.3) is 0 Å². The fourth-order valence-corrected chi connectivity index (χ4v) is 1.93. The van der Waals surface area contributed by atoms with Crippen LogP contribution in [-0.2, 0) is 12.8 Å². The molecule has 0 heterocycles. The molecule has 0 spiro atoms. The number of benzene rings is 1. The van der Waals surface area contributed by atoms with Crippen LogP contribution in [0.1, 0.15) is 42.5 Å². The van der Waals surface area contributed by atoms with Crippen molar-refractivity contribution in [3.8, 4) is 0 Å². The monoisotopic (exact) mass is 176 g/mol. The molecular weight excluding hydrogens is 156 g/mol. The zero-order valence-electron chi connectivity index (χ0n) is 9.28. The molecule has 0 radical (unpaired) electrons. The van der Waals surface area contributed by atoms with E-state index in [9.17, 15) is 0 Å². The maximum Gasteiger partial charge on any atom is -0.0279 e. The molecule has 1 rings (SSSR count). The van der Waals surface area contributed by atoms with Crippen molar-refractivity contribution in [3.05, 3.63) is 34.4 Å². The topological polar surface area (TPSA) is 0 Å². The third-order valence-electron chi connectivity index (χ3n) is 2.84. The van der Waals surface area contributed by atoms with Crippen molar-refractivity contribution in [3.63, 3.8) is 0 Å². The van der Waals surface area contributed by atoms with Gasteiger partial charge in [0.05, 0.1) is 0 Å². The zero-order valence-corrected chi connectivity index (χ0v) is 9.28. The number of hydrogen-bond donors (Lipinski definition) is 0. The van der Waals surface area contributed by atoms with E-state index >= 15 is 0 Å². The molecule has 0 bridgehead atoms. The average molecular weight is 176 g/mol. The minimum absolute atomic E-state index is 1.17. The first kappa shape index (κ1) is 10.3. The van der Waals surface area contributed by atoms with Crippen LogP contribution in [0.2, 0.25) is 0 Å². The predicted molar refractivity (Wildman–Crippen MR) is 59.3 cm³/mol. The molecule has 0 fully saturated rings. The van der Waals surface area contributed by atoms with E-state index in [1.807, 2.05) is 0 Å². The molecule has 0 aliphatic carbocycles. The van der Waals surface area contributed by atoms with E-state index < -0.39 is 0 Å². The summed E-state index contributed by atoms with van der Waals surface area (Å²) in [6, 6.07) is 4.55. The van der Waals surface area contributed by atoms with Crippen LogP contribution < -0.4 is 0 Å². The van der Waals surface area contributed by atoms with Crippen molar-refractivity contribution in [1.82, 2.24) is 0 Å². The Balaban J connectivity index is 3.13. The molecule has 0 saturated carbocycles. The van der Waals surface area contributed by atoms with E-state index in [4.69, 9.17) is 0 Å². The third kappa shape index (κ3) is 2.12. The molecule has 0 aromatic heterocycles. The maximum absolute atomic E-state index is 2.30. The van der Waals surface area contributed by atoms with Crippen LogP contribution in [0.25, 0.3) is 0 Å². The summed E-state index contributed by atoms with van der Waals surface area (Å²) in [5, 5.41) is 0. The molecule has 13 heavy (non-hydrogen) atoms. The van der Waals surface area contributed by atoms with E-state index in [-0.39, 0.29) is 0 Å². The largest absolute Gasteiger partial charge is 0.0651 e. The lowest BCUT2D eigenvalue weighted by Gasteiger charge is -2.12. The van der Waals surface area contributed by atoms with Crippen LogP contribution in [-0.4, -0.2) is 0 Å². The van der Waals surface area contributed by atoms with Crippen LogP contribution in [0.15, 0.2) is 12.1 Å². The Hall–Kier alpha value is -0.780. The van der Waals surface area contributed by atoms with Crippen molar-refractivity contribution >= 4 is 0 Å². The molecule has 0 heteroatoms. The molecule has 0 saturated heterocycles. The SMILES string of the molecule is CCCc1ccc(C)c(C)c1CC. The molecule has 0 atom stereocenters. The van der Waals surface area contributed by atoms with Crippen LogP contribution >= 0.6 is 0 Å². The average Bonchev–Trinajstić information content (AvgIpc) is 2.12. The summed E-state index contributed by atoms with van der Waals surface area (Å²) in [5.41, 5.74) is 6.04. The minimum atomic E-state index is 1.17. The summed E-state index contributed by atoms with van der Waals surface area (Å²) in [4.78, 5) is 0. The molecule has 0 aliphatic rings. The number of aryl methyl sites for hydroxylation is 2. The molecule has 72 valence electrons. The van der Waals surface area contributed by atoms with Gasteiger partial charge in [-0.2, -0.15) is 0 Å². The second kappa shape index (κ2) is 4.45. The van der Waals surface area contributed by atoms with E-state index in [0.717, 1.165) is 0 Å².